The second kappa shape index (κ2) is 16.1. The third kappa shape index (κ3) is 8.12. The molecule has 1 saturated heterocycles. The van der Waals surface area contributed by atoms with Crippen LogP contribution < -0.4 is 0 Å². The van der Waals surface area contributed by atoms with Crippen molar-refractivity contribution in [2.24, 2.45) is 39.9 Å². The Morgan fingerprint density at radius 1 is 0.981 bits per heavy atom. The zero-order valence-corrected chi connectivity index (χ0v) is 34.2. The van der Waals surface area contributed by atoms with E-state index in [0.717, 1.165) is 18.4 Å². The van der Waals surface area contributed by atoms with Gasteiger partial charge in [-0.15, -0.1) is 0 Å². The van der Waals surface area contributed by atoms with Gasteiger partial charge in [0.2, 0.25) is 0 Å². The van der Waals surface area contributed by atoms with Gasteiger partial charge in [-0.05, 0) is 127 Å². The standard InChI is InChI=1S/C43H66O10/c1-13-25(5)35(45)38(47)52-30-22-42(10)29(27-20-28(51-23-27)19-24(3)4)15-16-31(42)43(11)33(53-39(48)36(46)26(6)14-2)21-32(40(7,8)49)41(9,37(30)43)18-17-34(44)50-12/h13-14,16,19,27-30,32-33,35-37,45-46,49H,15,17-18,20-23H2,1-12H3/b25-13+,26-14+/t27-,28-,29+,30-,32?,33-,35-,36-,37-,41+,42+,43-/m1/s1. The Bertz CT molecular complexity index is 1510. The van der Waals surface area contributed by atoms with Gasteiger partial charge in [0.15, 0.2) is 12.2 Å². The van der Waals surface area contributed by atoms with E-state index in [1.165, 1.54) is 12.7 Å². The molecule has 10 heteroatoms. The number of methoxy groups -OCH3 is 1. The second-order valence-corrected chi connectivity index (χ2v) is 17.7. The summed E-state index contributed by atoms with van der Waals surface area (Å²) in [6.45, 7) is 21.3. The Kier molecular flexibility index (Phi) is 13.1. The van der Waals surface area contributed by atoms with Gasteiger partial charge < -0.3 is 34.3 Å². The predicted octanol–water partition coefficient (Wildman–Crippen LogP) is 6.56. The fourth-order valence-corrected chi connectivity index (χ4v) is 11.0. The molecule has 12 atom stereocenters. The lowest BCUT2D eigenvalue weighted by atomic mass is 9.39. The van der Waals surface area contributed by atoms with Gasteiger partial charge in [0.05, 0.1) is 25.4 Å². The summed E-state index contributed by atoms with van der Waals surface area (Å²) in [5.41, 5.74) is -0.490. The van der Waals surface area contributed by atoms with Crippen LogP contribution in [-0.4, -0.2) is 83.1 Å². The highest BCUT2D eigenvalue weighted by molar-refractivity contribution is 5.79. The number of rotatable bonds is 12. The zero-order chi connectivity index (χ0) is 39.8. The first-order chi connectivity index (χ1) is 24.6. The fourth-order valence-electron chi connectivity index (χ4n) is 11.0. The summed E-state index contributed by atoms with van der Waals surface area (Å²) >= 11 is 0. The molecular weight excluding hydrogens is 676 g/mol. The van der Waals surface area contributed by atoms with Crippen LogP contribution in [0.15, 0.2) is 46.6 Å². The van der Waals surface area contributed by atoms with Crippen molar-refractivity contribution in [1.82, 2.24) is 0 Å². The lowest BCUT2D eigenvalue weighted by molar-refractivity contribution is -0.241. The molecule has 1 unspecified atom stereocenters. The van der Waals surface area contributed by atoms with E-state index < -0.39 is 76.0 Å². The summed E-state index contributed by atoms with van der Waals surface area (Å²) in [6, 6.07) is 0. The quantitative estimate of drug-likeness (QED) is 0.114. The van der Waals surface area contributed by atoms with Crippen molar-refractivity contribution in [3.8, 4) is 0 Å². The smallest absolute Gasteiger partial charge is 0.339 e. The largest absolute Gasteiger partial charge is 0.469 e. The van der Waals surface area contributed by atoms with E-state index in [2.05, 4.69) is 39.8 Å². The minimum absolute atomic E-state index is 0.00559. The predicted molar refractivity (Wildman–Crippen MR) is 202 cm³/mol. The molecule has 0 radical (unpaired) electrons. The molecule has 1 aliphatic heterocycles. The molecule has 3 fully saturated rings. The number of aliphatic hydroxyl groups is 3. The van der Waals surface area contributed by atoms with Gasteiger partial charge >= 0.3 is 17.9 Å². The van der Waals surface area contributed by atoms with Crippen LogP contribution in [0.4, 0.5) is 0 Å². The first-order valence-corrected chi connectivity index (χ1v) is 19.4. The van der Waals surface area contributed by atoms with Gasteiger partial charge in [-0.3, -0.25) is 4.79 Å². The number of carbonyl (C=O) groups is 3. The van der Waals surface area contributed by atoms with Gasteiger partial charge in [-0.1, -0.05) is 56.2 Å². The molecule has 3 N–H and O–H groups in total. The van der Waals surface area contributed by atoms with Gasteiger partial charge in [0, 0.05) is 17.8 Å². The minimum atomic E-state index is -1.48. The van der Waals surface area contributed by atoms with Crippen molar-refractivity contribution in [3.63, 3.8) is 0 Å². The highest BCUT2D eigenvalue weighted by Gasteiger charge is 2.71. The van der Waals surface area contributed by atoms with Gasteiger partial charge in [0.1, 0.15) is 12.2 Å². The van der Waals surface area contributed by atoms with Crippen LogP contribution in [0.2, 0.25) is 0 Å². The average molecular weight is 743 g/mol. The van der Waals surface area contributed by atoms with Crippen molar-refractivity contribution < 1.29 is 48.7 Å². The van der Waals surface area contributed by atoms with Crippen LogP contribution >= 0.6 is 0 Å². The fraction of sp³-hybridized carbons (Fsp3) is 0.744. The third-order valence-electron chi connectivity index (χ3n) is 13.7. The Labute approximate surface area is 317 Å². The van der Waals surface area contributed by atoms with Crippen molar-refractivity contribution in [2.45, 2.75) is 151 Å². The summed E-state index contributed by atoms with van der Waals surface area (Å²) in [5.74, 6) is -2.77. The van der Waals surface area contributed by atoms with E-state index in [9.17, 15) is 29.7 Å². The molecule has 2 saturated carbocycles. The van der Waals surface area contributed by atoms with Crippen LogP contribution in [0.5, 0.6) is 0 Å². The molecule has 0 spiro atoms. The van der Waals surface area contributed by atoms with Crippen molar-refractivity contribution in [2.75, 3.05) is 13.7 Å². The maximum atomic E-state index is 13.9. The van der Waals surface area contributed by atoms with E-state index in [4.69, 9.17) is 18.9 Å². The molecule has 0 aromatic rings. The van der Waals surface area contributed by atoms with Gasteiger partial charge in [0.25, 0.3) is 0 Å². The van der Waals surface area contributed by atoms with Crippen LogP contribution in [0.3, 0.4) is 0 Å². The van der Waals surface area contributed by atoms with Crippen LogP contribution in [0.25, 0.3) is 0 Å². The van der Waals surface area contributed by atoms with Crippen molar-refractivity contribution in [3.05, 3.63) is 46.6 Å². The molecule has 0 aromatic carbocycles. The summed E-state index contributed by atoms with van der Waals surface area (Å²) in [6.07, 6.45) is 5.80. The minimum Gasteiger partial charge on any atom is -0.469 e. The van der Waals surface area contributed by atoms with Crippen LogP contribution in [-0.2, 0) is 33.3 Å². The number of hydrogen-bond donors (Lipinski definition) is 3. The van der Waals surface area contributed by atoms with Gasteiger partial charge in [-0.25, -0.2) is 9.59 Å². The molecule has 1 heterocycles. The van der Waals surface area contributed by atoms with E-state index in [-0.39, 0.29) is 30.8 Å². The molecule has 3 aliphatic carbocycles. The number of fused-ring (bicyclic) bond motifs is 3. The van der Waals surface area contributed by atoms with Crippen molar-refractivity contribution in [1.29, 1.82) is 0 Å². The summed E-state index contributed by atoms with van der Waals surface area (Å²) in [7, 11) is 1.34. The molecule has 0 amide bonds. The molecule has 0 bridgehead atoms. The zero-order valence-electron chi connectivity index (χ0n) is 34.2. The Hall–Kier alpha value is -2.79. The normalized spacial score (nSPS) is 37.1. The second-order valence-electron chi connectivity index (χ2n) is 17.7. The van der Waals surface area contributed by atoms with E-state index in [1.54, 1.807) is 53.7 Å². The van der Waals surface area contributed by atoms with E-state index >= 15 is 0 Å². The first-order valence-electron chi connectivity index (χ1n) is 19.4. The molecule has 53 heavy (non-hydrogen) atoms. The highest BCUT2D eigenvalue weighted by Crippen LogP contribution is 2.72. The molecular formula is C43H66O10. The number of aliphatic hydroxyl groups excluding tert-OH is 2. The topological polar surface area (TPSA) is 149 Å². The summed E-state index contributed by atoms with van der Waals surface area (Å²) in [4.78, 5) is 40.6. The van der Waals surface area contributed by atoms with E-state index in [0.29, 0.717) is 30.6 Å². The monoisotopic (exact) mass is 742 g/mol. The molecule has 298 valence electrons. The van der Waals surface area contributed by atoms with Crippen LogP contribution in [0, 0.1) is 39.9 Å². The Morgan fingerprint density at radius 3 is 2.09 bits per heavy atom. The molecule has 0 aromatic heterocycles. The number of carbonyl (C=O) groups excluding carboxylic acids is 3. The van der Waals surface area contributed by atoms with Gasteiger partial charge in [-0.2, -0.15) is 0 Å². The maximum Gasteiger partial charge on any atom is 0.339 e. The Morgan fingerprint density at radius 2 is 1.57 bits per heavy atom. The highest BCUT2D eigenvalue weighted by atomic mass is 16.6. The van der Waals surface area contributed by atoms with Crippen LogP contribution in [0.1, 0.15) is 115 Å². The van der Waals surface area contributed by atoms with Crippen molar-refractivity contribution >= 4 is 17.9 Å². The number of ether oxygens (including phenoxy) is 4. The lowest BCUT2D eigenvalue weighted by Crippen LogP contribution is -2.68. The molecule has 10 nitrogen and oxygen atoms in total. The SMILES string of the molecule is C/C=C(\C)[C@@H](O)C(=O)O[C@@H]1C[C@]2(C)C(=CC[C@H]2[C@H]2CO[C@H](C=C(C)C)C2)[C@]2(C)[C@H](OC(=O)[C@H](O)/C(C)=C/C)CC(C(C)(C)O)[C@](C)(CCC(=O)OC)[C@@H]12. The summed E-state index contributed by atoms with van der Waals surface area (Å²) < 4.78 is 24.3. The summed E-state index contributed by atoms with van der Waals surface area (Å²) in [5, 5.41) is 34.1. The Balaban J connectivity index is 1.96. The van der Waals surface area contributed by atoms with E-state index in [1.807, 2.05) is 6.92 Å². The number of esters is 3. The molecule has 4 rings (SSSR count). The first kappa shape index (κ1) is 42.9. The molecule has 4 aliphatic rings. The number of hydrogen-bond acceptors (Lipinski definition) is 10. The lowest BCUT2D eigenvalue weighted by Gasteiger charge is -2.67. The average Bonchev–Trinajstić information content (AvgIpc) is 3.69. The number of allylic oxidation sites excluding steroid dienone is 4. The maximum absolute atomic E-state index is 13.9. The third-order valence-corrected chi connectivity index (χ3v) is 13.7.